The van der Waals surface area contributed by atoms with Gasteiger partial charge in [-0.25, -0.2) is 12.7 Å². The molecule has 1 atom stereocenters. The second-order valence-electron chi connectivity index (χ2n) is 7.25. The standard InChI is InChI=1S/C21H26N2O3S/c1-16-10-11-17(2)20(13-16)22-21(24)19-9-6-12-23(14-19)27(25,26)15-18-7-4-3-5-8-18/h3-5,7-8,10-11,13,19H,6,9,12,14-15H2,1-2H3,(H,22,24)/t19-/m0/s1. The van der Waals surface area contributed by atoms with Crippen molar-refractivity contribution in [3.63, 3.8) is 0 Å². The maximum Gasteiger partial charge on any atom is 0.228 e. The maximum absolute atomic E-state index is 12.8. The van der Waals surface area contributed by atoms with Gasteiger partial charge in [-0.1, -0.05) is 42.5 Å². The van der Waals surface area contributed by atoms with Crippen LogP contribution in [0.2, 0.25) is 0 Å². The summed E-state index contributed by atoms with van der Waals surface area (Å²) >= 11 is 0. The number of carbonyl (C=O) groups excluding carboxylic acids is 1. The van der Waals surface area contributed by atoms with Crippen LogP contribution in [-0.2, 0) is 20.6 Å². The van der Waals surface area contributed by atoms with Gasteiger partial charge in [0.05, 0.1) is 11.7 Å². The van der Waals surface area contributed by atoms with E-state index in [9.17, 15) is 13.2 Å². The first-order chi connectivity index (χ1) is 12.8. The third kappa shape index (κ3) is 4.96. The molecule has 1 aliphatic heterocycles. The normalized spacial score (nSPS) is 18.2. The van der Waals surface area contributed by atoms with Gasteiger partial charge in [0, 0.05) is 18.8 Å². The molecule has 0 bridgehead atoms. The van der Waals surface area contributed by atoms with Crippen LogP contribution < -0.4 is 5.32 Å². The molecule has 1 fully saturated rings. The van der Waals surface area contributed by atoms with Gasteiger partial charge >= 0.3 is 0 Å². The molecule has 1 saturated heterocycles. The average molecular weight is 387 g/mol. The second-order valence-corrected chi connectivity index (χ2v) is 9.22. The van der Waals surface area contributed by atoms with Crippen LogP contribution in [0.25, 0.3) is 0 Å². The van der Waals surface area contributed by atoms with Crippen molar-refractivity contribution in [2.75, 3.05) is 18.4 Å². The number of piperidine rings is 1. The summed E-state index contributed by atoms with van der Waals surface area (Å²) < 4.78 is 27.0. The van der Waals surface area contributed by atoms with E-state index < -0.39 is 10.0 Å². The lowest BCUT2D eigenvalue weighted by atomic mass is 9.98. The van der Waals surface area contributed by atoms with Crippen LogP contribution in [0.4, 0.5) is 5.69 Å². The molecular weight excluding hydrogens is 360 g/mol. The van der Waals surface area contributed by atoms with Crippen molar-refractivity contribution in [2.24, 2.45) is 5.92 Å². The van der Waals surface area contributed by atoms with Gasteiger partial charge in [-0.05, 0) is 49.4 Å². The quantitative estimate of drug-likeness (QED) is 0.855. The molecule has 1 aliphatic rings. The number of hydrogen-bond acceptors (Lipinski definition) is 3. The van der Waals surface area contributed by atoms with Gasteiger partial charge in [0.25, 0.3) is 0 Å². The van der Waals surface area contributed by atoms with Crippen LogP contribution in [0, 0.1) is 19.8 Å². The highest BCUT2D eigenvalue weighted by atomic mass is 32.2. The Labute approximate surface area is 161 Å². The van der Waals surface area contributed by atoms with E-state index in [4.69, 9.17) is 0 Å². The molecule has 0 aromatic heterocycles. The first-order valence-electron chi connectivity index (χ1n) is 9.25. The Hall–Kier alpha value is -2.18. The van der Waals surface area contributed by atoms with Crippen LogP contribution in [-0.4, -0.2) is 31.7 Å². The number of anilines is 1. The summed E-state index contributed by atoms with van der Waals surface area (Å²) in [5, 5.41) is 2.98. The Morgan fingerprint density at radius 1 is 1.15 bits per heavy atom. The van der Waals surface area contributed by atoms with Crippen LogP contribution in [0.1, 0.15) is 29.5 Å². The summed E-state index contributed by atoms with van der Waals surface area (Å²) in [6.07, 6.45) is 1.40. The predicted octanol–water partition coefficient (Wildman–Crippen LogP) is 3.48. The van der Waals surface area contributed by atoms with Gasteiger partial charge in [-0.3, -0.25) is 4.79 Å². The minimum Gasteiger partial charge on any atom is -0.326 e. The van der Waals surface area contributed by atoms with Crippen molar-refractivity contribution >= 4 is 21.6 Å². The molecule has 5 nitrogen and oxygen atoms in total. The number of nitrogens with zero attached hydrogens (tertiary/aromatic N) is 1. The fourth-order valence-electron chi connectivity index (χ4n) is 3.39. The Balaban J connectivity index is 1.68. The van der Waals surface area contributed by atoms with Gasteiger partial charge < -0.3 is 5.32 Å². The Bertz CT molecular complexity index is 910. The molecule has 0 saturated carbocycles. The zero-order valence-electron chi connectivity index (χ0n) is 15.8. The van der Waals surface area contributed by atoms with Gasteiger partial charge in [-0.15, -0.1) is 0 Å². The van der Waals surface area contributed by atoms with Crippen molar-refractivity contribution in [3.05, 3.63) is 65.2 Å². The highest BCUT2D eigenvalue weighted by Crippen LogP contribution is 2.24. The summed E-state index contributed by atoms with van der Waals surface area (Å²) in [6, 6.07) is 15.1. The first kappa shape index (κ1) is 19.6. The Morgan fingerprint density at radius 3 is 2.63 bits per heavy atom. The topological polar surface area (TPSA) is 66.5 Å². The fraction of sp³-hybridized carbons (Fsp3) is 0.381. The van der Waals surface area contributed by atoms with Crippen molar-refractivity contribution in [2.45, 2.75) is 32.4 Å². The SMILES string of the molecule is Cc1ccc(C)c(NC(=O)[C@H]2CCCN(S(=O)(=O)Cc3ccccc3)C2)c1. The van der Waals surface area contributed by atoms with Crippen molar-refractivity contribution < 1.29 is 13.2 Å². The molecule has 2 aromatic rings. The van der Waals surface area contributed by atoms with Crippen molar-refractivity contribution in [1.82, 2.24) is 4.31 Å². The molecular formula is C21H26N2O3S. The number of sulfonamides is 1. The van der Waals surface area contributed by atoms with E-state index in [0.717, 1.165) is 22.4 Å². The molecule has 0 aliphatic carbocycles. The van der Waals surface area contributed by atoms with Crippen LogP contribution in [0.3, 0.4) is 0 Å². The average Bonchev–Trinajstić information content (AvgIpc) is 2.65. The molecule has 1 amide bonds. The number of rotatable bonds is 5. The molecule has 3 rings (SSSR count). The molecule has 144 valence electrons. The number of benzene rings is 2. The number of nitrogens with one attached hydrogen (secondary N) is 1. The highest BCUT2D eigenvalue weighted by Gasteiger charge is 2.32. The maximum atomic E-state index is 12.8. The van der Waals surface area contributed by atoms with E-state index in [1.807, 2.05) is 62.4 Å². The van der Waals surface area contributed by atoms with Crippen LogP contribution in [0.15, 0.2) is 48.5 Å². The predicted molar refractivity (Wildman–Crippen MR) is 108 cm³/mol. The number of hydrogen-bond donors (Lipinski definition) is 1. The largest absolute Gasteiger partial charge is 0.326 e. The smallest absolute Gasteiger partial charge is 0.228 e. The Kier molecular flexibility index (Phi) is 5.97. The van der Waals surface area contributed by atoms with E-state index in [2.05, 4.69) is 5.32 Å². The van der Waals surface area contributed by atoms with Gasteiger partial charge in [0.1, 0.15) is 0 Å². The van der Waals surface area contributed by atoms with E-state index in [1.165, 1.54) is 4.31 Å². The lowest BCUT2D eigenvalue weighted by molar-refractivity contribution is -0.120. The lowest BCUT2D eigenvalue weighted by Crippen LogP contribution is -2.44. The minimum atomic E-state index is -3.44. The molecule has 1 heterocycles. The van der Waals surface area contributed by atoms with Gasteiger partial charge in [0.15, 0.2) is 0 Å². The molecule has 1 N–H and O–H groups in total. The molecule has 0 unspecified atom stereocenters. The summed E-state index contributed by atoms with van der Waals surface area (Å²) in [5.41, 5.74) is 3.63. The zero-order valence-corrected chi connectivity index (χ0v) is 16.6. The summed E-state index contributed by atoms with van der Waals surface area (Å²) in [7, 11) is -3.44. The van der Waals surface area contributed by atoms with E-state index >= 15 is 0 Å². The number of amides is 1. The first-order valence-corrected chi connectivity index (χ1v) is 10.9. The fourth-order valence-corrected chi connectivity index (χ4v) is 5.00. The molecule has 0 spiro atoms. The van der Waals surface area contributed by atoms with E-state index in [0.29, 0.717) is 19.4 Å². The van der Waals surface area contributed by atoms with Gasteiger partial charge in [-0.2, -0.15) is 0 Å². The van der Waals surface area contributed by atoms with Crippen LogP contribution >= 0.6 is 0 Å². The monoisotopic (exact) mass is 386 g/mol. The van der Waals surface area contributed by atoms with Crippen molar-refractivity contribution in [3.8, 4) is 0 Å². The molecule has 0 radical (unpaired) electrons. The number of aryl methyl sites for hydroxylation is 2. The van der Waals surface area contributed by atoms with E-state index in [1.54, 1.807) is 0 Å². The minimum absolute atomic E-state index is 0.0286. The number of carbonyl (C=O) groups is 1. The second kappa shape index (κ2) is 8.23. The Morgan fingerprint density at radius 2 is 1.89 bits per heavy atom. The summed E-state index contributed by atoms with van der Waals surface area (Å²) in [5.74, 6) is -0.466. The third-order valence-corrected chi connectivity index (χ3v) is 6.81. The summed E-state index contributed by atoms with van der Waals surface area (Å²) in [6.45, 7) is 4.65. The third-order valence-electron chi connectivity index (χ3n) is 4.99. The zero-order chi connectivity index (χ0) is 19.4. The van der Waals surface area contributed by atoms with E-state index in [-0.39, 0.29) is 24.1 Å². The molecule has 6 heteroatoms. The summed E-state index contributed by atoms with van der Waals surface area (Å²) in [4.78, 5) is 12.7. The van der Waals surface area contributed by atoms with Crippen molar-refractivity contribution in [1.29, 1.82) is 0 Å². The highest BCUT2D eigenvalue weighted by molar-refractivity contribution is 7.88. The lowest BCUT2D eigenvalue weighted by Gasteiger charge is -2.31. The van der Waals surface area contributed by atoms with Crippen LogP contribution in [0.5, 0.6) is 0 Å². The molecule has 2 aromatic carbocycles. The molecule has 27 heavy (non-hydrogen) atoms. The van der Waals surface area contributed by atoms with Gasteiger partial charge in [0.2, 0.25) is 15.9 Å².